The number of carbonyl (C=O) groups excluding carboxylic acids is 2. The van der Waals surface area contributed by atoms with Crippen LogP contribution in [0.2, 0.25) is 0 Å². The van der Waals surface area contributed by atoms with E-state index in [1.807, 2.05) is 24.3 Å². The van der Waals surface area contributed by atoms with E-state index in [4.69, 9.17) is 13.9 Å². The summed E-state index contributed by atoms with van der Waals surface area (Å²) >= 11 is 0. The molecule has 1 saturated heterocycles. The third kappa shape index (κ3) is 5.26. The molecule has 1 aliphatic rings. The monoisotopic (exact) mass is 372 g/mol. The molecule has 7 heteroatoms. The largest absolute Gasteiger partial charge is 0.497 e. The predicted molar refractivity (Wildman–Crippen MR) is 98.9 cm³/mol. The number of hydrogen-bond donors (Lipinski definition) is 1. The number of methoxy groups -OCH3 is 1. The van der Waals surface area contributed by atoms with Crippen molar-refractivity contribution in [1.82, 2.24) is 10.2 Å². The minimum atomic E-state index is -0.0994. The highest BCUT2D eigenvalue weighted by Gasteiger charge is 2.25. The lowest BCUT2D eigenvalue weighted by atomic mass is 10.0. The molecule has 0 radical (unpaired) electrons. The van der Waals surface area contributed by atoms with E-state index in [1.165, 1.54) is 6.26 Å². The molecule has 2 heterocycles. The van der Waals surface area contributed by atoms with Gasteiger partial charge in [0, 0.05) is 19.1 Å². The summed E-state index contributed by atoms with van der Waals surface area (Å²) in [6, 6.07) is 10.7. The number of nitrogens with zero attached hydrogens (tertiary/aromatic N) is 1. The molecule has 0 unspecified atom stereocenters. The Morgan fingerprint density at radius 2 is 1.85 bits per heavy atom. The molecule has 0 saturated carbocycles. The summed E-state index contributed by atoms with van der Waals surface area (Å²) in [6.07, 6.45) is 3.25. The number of nitrogens with one attached hydrogen (secondary N) is 1. The Hall–Kier alpha value is -2.96. The zero-order chi connectivity index (χ0) is 19.1. The molecule has 144 valence electrons. The van der Waals surface area contributed by atoms with Crippen molar-refractivity contribution in [2.24, 2.45) is 0 Å². The Balaban J connectivity index is 1.35. The third-order valence-corrected chi connectivity index (χ3v) is 4.54. The average molecular weight is 372 g/mol. The minimum Gasteiger partial charge on any atom is -0.497 e. The van der Waals surface area contributed by atoms with E-state index in [-0.39, 0.29) is 24.3 Å². The molecule has 0 atom stereocenters. The van der Waals surface area contributed by atoms with Crippen LogP contribution in [0.5, 0.6) is 11.5 Å². The Morgan fingerprint density at radius 1 is 1.15 bits per heavy atom. The summed E-state index contributed by atoms with van der Waals surface area (Å²) in [5.74, 6) is 1.68. The fourth-order valence-electron chi connectivity index (χ4n) is 3.02. The number of rotatable bonds is 7. The van der Waals surface area contributed by atoms with Crippen LogP contribution in [0.15, 0.2) is 47.1 Å². The van der Waals surface area contributed by atoms with E-state index >= 15 is 0 Å². The van der Waals surface area contributed by atoms with E-state index in [2.05, 4.69) is 5.32 Å². The summed E-state index contributed by atoms with van der Waals surface area (Å²) in [5, 5.41) is 3.02. The van der Waals surface area contributed by atoms with Gasteiger partial charge in [-0.25, -0.2) is 0 Å². The van der Waals surface area contributed by atoms with Gasteiger partial charge in [0.1, 0.15) is 11.5 Å². The van der Waals surface area contributed by atoms with Crippen molar-refractivity contribution >= 4 is 11.8 Å². The molecule has 0 bridgehead atoms. The van der Waals surface area contributed by atoms with Crippen LogP contribution in [0.3, 0.4) is 0 Å². The third-order valence-electron chi connectivity index (χ3n) is 4.54. The Morgan fingerprint density at radius 3 is 2.48 bits per heavy atom. The van der Waals surface area contributed by atoms with Crippen molar-refractivity contribution < 1.29 is 23.5 Å². The summed E-state index contributed by atoms with van der Waals surface area (Å²) < 4.78 is 15.8. The molecule has 2 amide bonds. The normalized spacial score (nSPS) is 14.6. The van der Waals surface area contributed by atoms with Crippen LogP contribution in [0, 0.1) is 0 Å². The SMILES string of the molecule is COc1ccc(OCCC(=O)NC2CCN(C(=O)c3ccco3)CC2)cc1. The van der Waals surface area contributed by atoms with Gasteiger partial charge in [-0.2, -0.15) is 0 Å². The molecular formula is C20H24N2O5. The quantitative estimate of drug-likeness (QED) is 0.808. The number of furan rings is 1. The summed E-state index contributed by atoms with van der Waals surface area (Å²) in [6.45, 7) is 1.52. The van der Waals surface area contributed by atoms with E-state index in [0.29, 0.717) is 31.2 Å². The predicted octanol–water partition coefficient (Wildman–Crippen LogP) is 2.48. The number of likely N-dealkylation sites (tertiary alicyclic amines) is 1. The van der Waals surface area contributed by atoms with Gasteiger partial charge in [-0.15, -0.1) is 0 Å². The zero-order valence-electron chi connectivity index (χ0n) is 15.3. The van der Waals surface area contributed by atoms with Crippen molar-refractivity contribution in [2.45, 2.75) is 25.3 Å². The summed E-state index contributed by atoms with van der Waals surface area (Å²) in [7, 11) is 1.61. The lowest BCUT2D eigenvalue weighted by Crippen LogP contribution is -2.46. The van der Waals surface area contributed by atoms with Gasteiger partial charge >= 0.3 is 0 Å². The lowest BCUT2D eigenvalue weighted by molar-refractivity contribution is -0.122. The number of hydrogen-bond acceptors (Lipinski definition) is 5. The molecule has 1 aromatic heterocycles. The van der Waals surface area contributed by atoms with Crippen LogP contribution in [0.25, 0.3) is 0 Å². The van der Waals surface area contributed by atoms with E-state index in [1.54, 1.807) is 24.1 Å². The maximum absolute atomic E-state index is 12.2. The lowest BCUT2D eigenvalue weighted by Gasteiger charge is -2.31. The second kappa shape index (κ2) is 9.12. The maximum Gasteiger partial charge on any atom is 0.289 e. The minimum absolute atomic E-state index is 0.0423. The number of piperidine rings is 1. The highest BCUT2D eigenvalue weighted by Crippen LogP contribution is 2.17. The van der Waals surface area contributed by atoms with Crippen molar-refractivity contribution in [3.63, 3.8) is 0 Å². The molecule has 2 aromatic rings. The molecule has 0 aliphatic carbocycles. The van der Waals surface area contributed by atoms with Crippen LogP contribution in [-0.4, -0.2) is 49.6 Å². The Kier molecular flexibility index (Phi) is 6.35. The van der Waals surface area contributed by atoms with Gasteiger partial charge in [0.05, 0.1) is 26.4 Å². The van der Waals surface area contributed by atoms with Crippen molar-refractivity contribution in [2.75, 3.05) is 26.8 Å². The number of benzene rings is 1. The fourth-order valence-corrected chi connectivity index (χ4v) is 3.02. The molecule has 1 N–H and O–H groups in total. The smallest absolute Gasteiger partial charge is 0.289 e. The number of amides is 2. The topological polar surface area (TPSA) is 81.0 Å². The van der Waals surface area contributed by atoms with Crippen molar-refractivity contribution in [3.8, 4) is 11.5 Å². The van der Waals surface area contributed by atoms with Crippen LogP contribution in [-0.2, 0) is 4.79 Å². The molecular weight excluding hydrogens is 348 g/mol. The van der Waals surface area contributed by atoms with E-state index < -0.39 is 0 Å². The van der Waals surface area contributed by atoms with Crippen molar-refractivity contribution in [3.05, 3.63) is 48.4 Å². The number of carbonyl (C=O) groups is 2. The first-order chi connectivity index (χ1) is 13.2. The van der Waals surface area contributed by atoms with Crippen molar-refractivity contribution in [1.29, 1.82) is 0 Å². The highest BCUT2D eigenvalue weighted by atomic mass is 16.5. The van der Waals surface area contributed by atoms with Gasteiger partial charge in [0.15, 0.2) is 5.76 Å². The van der Waals surface area contributed by atoms with Crippen LogP contribution < -0.4 is 14.8 Å². The van der Waals surface area contributed by atoms with E-state index in [9.17, 15) is 9.59 Å². The summed E-state index contributed by atoms with van der Waals surface area (Å²) in [5.41, 5.74) is 0. The molecule has 1 aliphatic heterocycles. The van der Waals surface area contributed by atoms with Gasteiger partial charge in [0.2, 0.25) is 5.91 Å². The number of ether oxygens (including phenoxy) is 2. The summed E-state index contributed by atoms with van der Waals surface area (Å²) in [4.78, 5) is 26.1. The van der Waals surface area contributed by atoms with Crippen LogP contribution in [0.1, 0.15) is 29.8 Å². The molecule has 3 rings (SSSR count). The molecule has 7 nitrogen and oxygen atoms in total. The second-order valence-electron chi connectivity index (χ2n) is 6.39. The first-order valence-corrected chi connectivity index (χ1v) is 9.04. The van der Waals surface area contributed by atoms with Crippen LogP contribution in [0.4, 0.5) is 0 Å². The second-order valence-corrected chi connectivity index (χ2v) is 6.39. The fraction of sp³-hybridized carbons (Fsp3) is 0.400. The maximum atomic E-state index is 12.2. The van der Waals surface area contributed by atoms with Gasteiger partial charge in [-0.1, -0.05) is 0 Å². The van der Waals surface area contributed by atoms with Crippen LogP contribution >= 0.6 is 0 Å². The Labute approximate surface area is 158 Å². The molecule has 0 spiro atoms. The van der Waals surface area contributed by atoms with Gasteiger partial charge < -0.3 is 24.1 Å². The standard InChI is InChI=1S/C20H24N2O5/c1-25-16-4-6-17(7-5-16)26-14-10-19(23)21-15-8-11-22(12-9-15)20(24)18-3-2-13-27-18/h2-7,13,15H,8-12,14H2,1H3,(H,21,23). The first-order valence-electron chi connectivity index (χ1n) is 9.04. The average Bonchev–Trinajstić information content (AvgIpc) is 3.23. The Bertz CT molecular complexity index is 734. The van der Waals surface area contributed by atoms with E-state index in [0.717, 1.165) is 18.6 Å². The van der Waals surface area contributed by atoms with Gasteiger partial charge in [0.25, 0.3) is 5.91 Å². The zero-order valence-corrected chi connectivity index (χ0v) is 15.3. The first kappa shape index (κ1) is 18.8. The van der Waals surface area contributed by atoms with Gasteiger partial charge in [-0.3, -0.25) is 9.59 Å². The molecule has 1 fully saturated rings. The van der Waals surface area contributed by atoms with Gasteiger partial charge in [-0.05, 0) is 49.2 Å². The highest BCUT2D eigenvalue weighted by molar-refractivity contribution is 5.91. The molecule has 27 heavy (non-hydrogen) atoms. The molecule has 1 aromatic carbocycles.